The summed E-state index contributed by atoms with van der Waals surface area (Å²) in [5.41, 5.74) is 2.37. The number of morpholine rings is 1. The smallest absolute Gasteiger partial charge is 0.267 e. The second-order valence-electron chi connectivity index (χ2n) is 6.81. The summed E-state index contributed by atoms with van der Waals surface area (Å²) in [6.07, 6.45) is -0.781. The molecule has 0 aromatic heterocycles. The molecule has 0 aliphatic carbocycles. The topological polar surface area (TPSA) is 71.1 Å². The first-order valence-electron chi connectivity index (χ1n) is 9.40. The van der Waals surface area contributed by atoms with E-state index in [1.54, 1.807) is 11.0 Å². The summed E-state index contributed by atoms with van der Waals surface area (Å²) >= 11 is 0. The van der Waals surface area contributed by atoms with E-state index >= 15 is 0 Å². The number of nitrogens with zero attached hydrogens (tertiary/aromatic N) is 2. The van der Waals surface area contributed by atoms with Crippen molar-refractivity contribution in [2.45, 2.75) is 13.0 Å². The molecule has 7 nitrogen and oxygen atoms in total. The highest BCUT2D eigenvalue weighted by atomic mass is 16.5. The van der Waals surface area contributed by atoms with Crippen LogP contribution in [0.2, 0.25) is 0 Å². The average molecular weight is 381 g/mol. The lowest BCUT2D eigenvalue weighted by atomic mass is 10.1. The molecule has 2 heterocycles. The number of nitrogens with one attached hydrogen (secondary N) is 1. The van der Waals surface area contributed by atoms with Gasteiger partial charge in [0, 0.05) is 20.0 Å². The molecule has 0 spiro atoms. The molecular weight excluding hydrogens is 358 g/mol. The van der Waals surface area contributed by atoms with Crippen molar-refractivity contribution in [3.8, 4) is 5.75 Å². The van der Waals surface area contributed by atoms with Gasteiger partial charge < -0.3 is 24.6 Å². The van der Waals surface area contributed by atoms with E-state index in [2.05, 4.69) is 10.2 Å². The first-order valence-corrected chi connectivity index (χ1v) is 9.40. The second kappa shape index (κ2) is 7.90. The molecule has 4 rings (SSSR count). The van der Waals surface area contributed by atoms with Crippen LogP contribution in [0.1, 0.15) is 6.92 Å². The molecule has 0 saturated carbocycles. The predicted molar refractivity (Wildman–Crippen MR) is 107 cm³/mol. The number of anilines is 3. The van der Waals surface area contributed by atoms with Crippen LogP contribution < -0.4 is 19.9 Å². The van der Waals surface area contributed by atoms with Gasteiger partial charge in [-0.3, -0.25) is 9.59 Å². The van der Waals surface area contributed by atoms with Gasteiger partial charge in [0.25, 0.3) is 5.91 Å². The Bertz CT molecular complexity index is 879. The molecule has 1 saturated heterocycles. The number of rotatable bonds is 3. The minimum Gasteiger partial charge on any atom is -0.476 e. The molecule has 28 heavy (non-hydrogen) atoms. The van der Waals surface area contributed by atoms with Gasteiger partial charge in [0.2, 0.25) is 5.91 Å². The maximum Gasteiger partial charge on any atom is 0.267 e. The van der Waals surface area contributed by atoms with E-state index < -0.39 is 6.10 Å². The lowest BCUT2D eigenvalue weighted by Gasteiger charge is -2.34. The highest BCUT2D eigenvalue weighted by Crippen LogP contribution is 2.34. The number of carbonyl (C=O) groups excluding carboxylic acids is 2. The highest BCUT2D eigenvalue weighted by Gasteiger charge is 2.33. The third-order valence-electron chi connectivity index (χ3n) is 4.96. The fraction of sp³-hybridized carbons (Fsp3) is 0.333. The summed E-state index contributed by atoms with van der Waals surface area (Å²) in [7, 11) is 0. The van der Waals surface area contributed by atoms with Crippen LogP contribution in [0.15, 0.2) is 48.5 Å². The summed E-state index contributed by atoms with van der Waals surface area (Å²) in [4.78, 5) is 28.8. The minimum absolute atomic E-state index is 0.123. The maximum absolute atomic E-state index is 13.0. The first kappa shape index (κ1) is 18.3. The molecule has 0 radical (unpaired) electrons. The number of hydrogen-bond donors (Lipinski definition) is 1. The molecule has 2 aromatic carbocycles. The molecule has 2 aliphatic rings. The zero-order chi connectivity index (χ0) is 19.5. The molecule has 2 amide bonds. The summed E-state index contributed by atoms with van der Waals surface area (Å²) in [6, 6.07) is 15.0. The van der Waals surface area contributed by atoms with E-state index in [0.29, 0.717) is 24.7 Å². The third-order valence-corrected chi connectivity index (χ3v) is 4.96. The summed E-state index contributed by atoms with van der Waals surface area (Å²) in [6.45, 7) is 4.55. The van der Waals surface area contributed by atoms with Gasteiger partial charge >= 0.3 is 0 Å². The molecular formula is C21H23N3O4. The van der Waals surface area contributed by atoms with Crippen molar-refractivity contribution in [3.05, 3.63) is 48.5 Å². The Morgan fingerprint density at radius 1 is 1.00 bits per heavy atom. The SMILES string of the molecule is CC(=O)N1CC(C(=O)Nc2ccccc2N2CCOCC2)Oc2ccccc21. The number of hydrogen-bond acceptors (Lipinski definition) is 5. The van der Waals surface area contributed by atoms with Gasteiger partial charge in [-0.1, -0.05) is 24.3 Å². The van der Waals surface area contributed by atoms with Gasteiger partial charge in [-0.15, -0.1) is 0 Å². The van der Waals surface area contributed by atoms with Crippen LogP contribution in [0.5, 0.6) is 5.75 Å². The fourth-order valence-corrected chi connectivity index (χ4v) is 3.54. The van der Waals surface area contributed by atoms with Gasteiger partial charge in [-0.25, -0.2) is 0 Å². The standard InChI is InChI=1S/C21H23N3O4/c1-15(25)24-14-20(28-19-9-5-4-8-18(19)24)21(26)22-16-6-2-3-7-17(16)23-10-12-27-13-11-23/h2-9,20H,10-14H2,1H3,(H,22,26). The Balaban J connectivity index is 1.54. The second-order valence-corrected chi connectivity index (χ2v) is 6.81. The van der Waals surface area contributed by atoms with Crippen molar-refractivity contribution in [2.75, 3.05) is 48.0 Å². The quantitative estimate of drug-likeness (QED) is 0.883. The molecule has 1 N–H and O–H groups in total. The monoisotopic (exact) mass is 381 g/mol. The predicted octanol–water partition coefficient (Wildman–Crippen LogP) is 2.28. The van der Waals surface area contributed by atoms with Gasteiger partial charge in [0.05, 0.1) is 36.8 Å². The Kier molecular flexibility index (Phi) is 5.16. The van der Waals surface area contributed by atoms with Gasteiger partial charge in [0.15, 0.2) is 6.10 Å². The van der Waals surface area contributed by atoms with Crippen LogP contribution in [-0.2, 0) is 14.3 Å². The largest absolute Gasteiger partial charge is 0.476 e. The molecule has 1 atom stereocenters. The van der Waals surface area contributed by atoms with E-state index in [0.717, 1.165) is 24.5 Å². The minimum atomic E-state index is -0.781. The van der Waals surface area contributed by atoms with Crippen molar-refractivity contribution in [2.24, 2.45) is 0 Å². The van der Waals surface area contributed by atoms with Crippen molar-refractivity contribution < 1.29 is 19.1 Å². The van der Waals surface area contributed by atoms with E-state index in [1.807, 2.05) is 42.5 Å². The van der Waals surface area contributed by atoms with Crippen LogP contribution in [0.4, 0.5) is 17.1 Å². The number of benzene rings is 2. The van der Waals surface area contributed by atoms with Crippen LogP contribution in [0, 0.1) is 0 Å². The lowest BCUT2D eigenvalue weighted by molar-refractivity contribution is -0.123. The molecule has 146 valence electrons. The normalized spacial score (nSPS) is 18.8. The van der Waals surface area contributed by atoms with E-state index in [4.69, 9.17) is 9.47 Å². The third kappa shape index (κ3) is 3.66. The zero-order valence-corrected chi connectivity index (χ0v) is 15.8. The van der Waals surface area contributed by atoms with Crippen molar-refractivity contribution >= 4 is 28.9 Å². The van der Waals surface area contributed by atoms with Crippen molar-refractivity contribution in [3.63, 3.8) is 0 Å². The number of amides is 2. The van der Waals surface area contributed by atoms with Gasteiger partial charge in [-0.2, -0.15) is 0 Å². The molecule has 1 unspecified atom stereocenters. The summed E-state index contributed by atoms with van der Waals surface area (Å²) in [5.74, 6) is 0.134. The van der Waals surface area contributed by atoms with Crippen molar-refractivity contribution in [1.29, 1.82) is 0 Å². The Morgan fingerprint density at radius 3 is 2.43 bits per heavy atom. The average Bonchev–Trinajstić information content (AvgIpc) is 2.73. The summed E-state index contributed by atoms with van der Waals surface area (Å²) < 4.78 is 11.3. The molecule has 7 heteroatoms. The fourth-order valence-electron chi connectivity index (χ4n) is 3.54. The Morgan fingerprint density at radius 2 is 1.68 bits per heavy atom. The zero-order valence-electron chi connectivity index (χ0n) is 15.8. The molecule has 2 aromatic rings. The Hall–Kier alpha value is -3.06. The van der Waals surface area contributed by atoms with Crippen LogP contribution in [0.25, 0.3) is 0 Å². The maximum atomic E-state index is 13.0. The van der Waals surface area contributed by atoms with E-state index in [9.17, 15) is 9.59 Å². The number of fused-ring (bicyclic) bond motifs is 1. The number of carbonyl (C=O) groups is 2. The van der Waals surface area contributed by atoms with Gasteiger partial charge in [-0.05, 0) is 24.3 Å². The van der Waals surface area contributed by atoms with Crippen LogP contribution in [0.3, 0.4) is 0 Å². The molecule has 2 aliphatic heterocycles. The number of ether oxygens (including phenoxy) is 2. The van der Waals surface area contributed by atoms with Crippen molar-refractivity contribution in [1.82, 2.24) is 0 Å². The van der Waals surface area contributed by atoms with E-state index in [1.165, 1.54) is 6.92 Å². The van der Waals surface area contributed by atoms with Crippen LogP contribution in [-0.4, -0.2) is 50.8 Å². The van der Waals surface area contributed by atoms with E-state index in [-0.39, 0.29) is 18.4 Å². The highest BCUT2D eigenvalue weighted by molar-refractivity contribution is 6.01. The van der Waals surface area contributed by atoms with Gasteiger partial charge in [0.1, 0.15) is 5.75 Å². The Labute approximate surface area is 163 Å². The lowest BCUT2D eigenvalue weighted by Crippen LogP contribution is -2.48. The molecule has 1 fully saturated rings. The summed E-state index contributed by atoms with van der Waals surface area (Å²) in [5, 5.41) is 2.98. The number of para-hydroxylation sites is 4. The first-order chi connectivity index (χ1) is 13.6. The molecule has 0 bridgehead atoms. The van der Waals surface area contributed by atoms with Crippen LogP contribution >= 0.6 is 0 Å².